The van der Waals surface area contributed by atoms with Crippen molar-refractivity contribution in [2.45, 2.75) is 17.9 Å². The molecule has 0 aliphatic heterocycles. The number of aliphatic hydroxyl groups excluding tert-OH is 1. The van der Waals surface area contributed by atoms with Crippen LogP contribution < -0.4 is 10.5 Å². The highest BCUT2D eigenvalue weighted by Gasteiger charge is 2.17. The highest BCUT2D eigenvalue weighted by atomic mass is 32.2. The lowest BCUT2D eigenvalue weighted by Crippen LogP contribution is -2.31. The van der Waals surface area contributed by atoms with Gasteiger partial charge in [0.25, 0.3) is 0 Å². The van der Waals surface area contributed by atoms with Crippen LogP contribution in [0.1, 0.15) is 6.92 Å². The van der Waals surface area contributed by atoms with Crippen LogP contribution in [0.15, 0.2) is 23.1 Å². The fourth-order valence-electron chi connectivity index (χ4n) is 1.07. The van der Waals surface area contributed by atoms with Crippen LogP contribution in [0.3, 0.4) is 0 Å². The van der Waals surface area contributed by atoms with E-state index >= 15 is 0 Å². The third-order valence-corrected chi connectivity index (χ3v) is 3.33. The van der Waals surface area contributed by atoms with Crippen molar-refractivity contribution in [1.82, 2.24) is 4.72 Å². The Bertz CT molecular complexity index is 474. The number of nitrogen functional groups attached to an aromatic ring is 1. The average molecular weight is 248 g/mol. The van der Waals surface area contributed by atoms with E-state index < -0.39 is 21.9 Å². The Hall–Kier alpha value is -1.18. The van der Waals surface area contributed by atoms with Crippen LogP contribution in [0.2, 0.25) is 0 Å². The lowest BCUT2D eigenvalue weighted by molar-refractivity contribution is 0.198. The third kappa shape index (κ3) is 3.16. The molecule has 90 valence electrons. The zero-order chi connectivity index (χ0) is 12.3. The minimum atomic E-state index is -3.80. The van der Waals surface area contributed by atoms with E-state index in [2.05, 4.69) is 4.72 Å². The summed E-state index contributed by atoms with van der Waals surface area (Å²) >= 11 is 0. The summed E-state index contributed by atoms with van der Waals surface area (Å²) in [6.07, 6.45) is -0.809. The Kier molecular flexibility index (Phi) is 3.84. The van der Waals surface area contributed by atoms with Gasteiger partial charge >= 0.3 is 0 Å². The van der Waals surface area contributed by atoms with Crippen LogP contribution in [0.5, 0.6) is 0 Å². The molecule has 0 aromatic heterocycles. The predicted molar refractivity (Wildman–Crippen MR) is 57.7 cm³/mol. The number of anilines is 1. The molecule has 0 amide bonds. The maximum atomic E-state index is 12.7. The van der Waals surface area contributed by atoms with Gasteiger partial charge in [0.2, 0.25) is 10.0 Å². The van der Waals surface area contributed by atoms with E-state index in [9.17, 15) is 12.8 Å². The second kappa shape index (κ2) is 4.77. The van der Waals surface area contributed by atoms with Crippen LogP contribution in [0, 0.1) is 5.82 Å². The first-order valence-corrected chi connectivity index (χ1v) is 6.04. The van der Waals surface area contributed by atoms with Crippen molar-refractivity contribution >= 4 is 15.7 Å². The third-order valence-electron chi connectivity index (χ3n) is 1.83. The molecular formula is C9H13FN2O3S. The number of halogens is 1. The molecule has 5 nitrogen and oxygen atoms in total. The molecule has 1 unspecified atom stereocenters. The molecule has 0 heterocycles. The normalized spacial score (nSPS) is 13.7. The SMILES string of the molecule is CC(O)CNS(=O)(=O)c1ccc(F)cc1N. The first kappa shape index (κ1) is 12.9. The first-order chi connectivity index (χ1) is 7.33. The summed E-state index contributed by atoms with van der Waals surface area (Å²) in [5.41, 5.74) is 5.22. The monoisotopic (exact) mass is 248 g/mol. The molecule has 1 atom stereocenters. The summed E-state index contributed by atoms with van der Waals surface area (Å²) in [7, 11) is -3.80. The molecule has 0 fully saturated rings. The van der Waals surface area contributed by atoms with Gasteiger partial charge in [-0.1, -0.05) is 0 Å². The van der Waals surface area contributed by atoms with E-state index in [0.29, 0.717) is 0 Å². The Morgan fingerprint density at radius 3 is 2.69 bits per heavy atom. The Balaban J connectivity index is 2.99. The van der Waals surface area contributed by atoms with Crippen LogP contribution in [-0.2, 0) is 10.0 Å². The van der Waals surface area contributed by atoms with Crippen molar-refractivity contribution in [3.8, 4) is 0 Å². The molecule has 0 saturated carbocycles. The molecule has 16 heavy (non-hydrogen) atoms. The van der Waals surface area contributed by atoms with Gasteiger partial charge in [0.05, 0.1) is 11.8 Å². The zero-order valence-corrected chi connectivity index (χ0v) is 9.46. The summed E-state index contributed by atoms with van der Waals surface area (Å²) in [4.78, 5) is -0.199. The largest absolute Gasteiger partial charge is 0.398 e. The van der Waals surface area contributed by atoms with Gasteiger partial charge in [0.1, 0.15) is 10.7 Å². The van der Waals surface area contributed by atoms with Crippen LogP contribution in [-0.4, -0.2) is 26.2 Å². The van der Waals surface area contributed by atoms with Gasteiger partial charge in [-0.25, -0.2) is 17.5 Å². The molecule has 0 saturated heterocycles. The van der Waals surface area contributed by atoms with Gasteiger partial charge in [-0.2, -0.15) is 0 Å². The molecule has 4 N–H and O–H groups in total. The van der Waals surface area contributed by atoms with Crippen molar-refractivity contribution < 1.29 is 17.9 Å². The number of hydrogen-bond donors (Lipinski definition) is 3. The van der Waals surface area contributed by atoms with E-state index in [-0.39, 0.29) is 17.1 Å². The minimum Gasteiger partial charge on any atom is -0.398 e. The number of nitrogens with two attached hydrogens (primary N) is 1. The zero-order valence-electron chi connectivity index (χ0n) is 8.64. The molecule has 7 heteroatoms. The van der Waals surface area contributed by atoms with E-state index in [1.165, 1.54) is 6.92 Å². The van der Waals surface area contributed by atoms with Crippen molar-refractivity contribution in [1.29, 1.82) is 0 Å². The van der Waals surface area contributed by atoms with Crippen molar-refractivity contribution in [2.24, 2.45) is 0 Å². The highest BCUT2D eigenvalue weighted by Crippen LogP contribution is 2.18. The van der Waals surface area contributed by atoms with Gasteiger partial charge in [-0.3, -0.25) is 0 Å². The Morgan fingerprint density at radius 1 is 1.56 bits per heavy atom. The number of sulfonamides is 1. The minimum absolute atomic E-state index is 0.126. The lowest BCUT2D eigenvalue weighted by atomic mass is 10.3. The van der Waals surface area contributed by atoms with E-state index in [1.807, 2.05) is 0 Å². The number of rotatable bonds is 4. The van der Waals surface area contributed by atoms with Crippen LogP contribution in [0.25, 0.3) is 0 Å². The summed E-state index contributed by atoms with van der Waals surface area (Å²) < 4.78 is 38.2. The van der Waals surface area contributed by atoms with Gasteiger partial charge in [0.15, 0.2) is 0 Å². The second-order valence-corrected chi connectivity index (χ2v) is 5.12. The molecule has 0 radical (unpaired) electrons. The van der Waals surface area contributed by atoms with Crippen LogP contribution >= 0.6 is 0 Å². The van der Waals surface area contributed by atoms with Crippen molar-refractivity contribution in [3.63, 3.8) is 0 Å². The number of benzene rings is 1. The average Bonchev–Trinajstić information content (AvgIpc) is 2.14. The number of hydrogen-bond acceptors (Lipinski definition) is 4. The summed E-state index contributed by atoms with van der Waals surface area (Å²) in [5, 5.41) is 8.96. The molecular weight excluding hydrogens is 235 g/mol. The highest BCUT2D eigenvalue weighted by molar-refractivity contribution is 7.89. The number of aliphatic hydroxyl groups is 1. The first-order valence-electron chi connectivity index (χ1n) is 4.55. The van der Waals surface area contributed by atoms with Crippen LogP contribution in [0.4, 0.5) is 10.1 Å². The summed E-state index contributed by atoms with van der Waals surface area (Å²) in [6, 6.07) is 3.01. The lowest BCUT2D eigenvalue weighted by Gasteiger charge is -2.10. The molecule has 0 spiro atoms. The fraction of sp³-hybridized carbons (Fsp3) is 0.333. The van der Waals surface area contributed by atoms with Gasteiger partial charge < -0.3 is 10.8 Å². The molecule has 1 rings (SSSR count). The van der Waals surface area contributed by atoms with E-state index in [4.69, 9.17) is 10.8 Å². The van der Waals surface area contributed by atoms with Gasteiger partial charge in [-0.05, 0) is 25.1 Å². The molecule has 0 bridgehead atoms. The quantitative estimate of drug-likeness (QED) is 0.657. The summed E-state index contributed by atoms with van der Waals surface area (Å²) in [5.74, 6) is -0.605. The molecule has 0 aliphatic rings. The van der Waals surface area contributed by atoms with Gasteiger partial charge in [0, 0.05) is 6.54 Å². The molecule has 0 aliphatic carbocycles. The van der Waals surface area contributed by atoms with Gasteiger partial charge in [-0.15, -0.1) is 0 Å². The Morgan fingerprint density at radius 2 is 2.19 bits per heavy atom. The predicted octanol–water partition coefficient (Wildman–Crippen LogP) is 0.0670. The standard InChI is InChI=1S/C9H13FN2O3S/c1-6(13)5-12-16(14,15)9-3-2-7(10)4-8(9)11/h2-4,6,12-13H,5,11H2,1H3. The number of nitrogens with one attached hydrogen (secondary N) is 1. The van der Waals surface area contributed by atoms with E-state index in [0.717, 1.165) is 18.2 Å². The second-order valence-electron chi connectivity index (χ2n) is 3.38. The van der Waals surface area contributed by atoms with E-state index in [1.54, 1.807) is 0 Å². The Labute approximate surface area is 93.1 Å². The topological polar surface area (TPSA) is 92.4 Å². The smallest absolute Gasteiger partial charge is 0.242 e. The van der Waals surface area contributed by atoms with Crippen molar-refractivity contribution in [2.75, 3.05) is 12.3 Å². The van der Waals surface area contributed by atoms with Crippen molar-refractivity contribution in [3.05, 3.63) is 24.0 Å². The molecule has 1 aromatic carbocycles. The maximum absolute atomic E-state index is 12.7. The fourth-order valence-corrected chi connectivity index (χ4v) is 2.30. The summed E-state index contributed by atoms with van der Waals surface area (Å²) in [6.45, 7) is 1.32. The molecule has 1 aromatic rings. The maximum Gasteiger partial charge on any atom is 0.242 e.